The Hall–Kier alpha value is -5.40. The van der Waals surface area contributed by atoms with Crippen LogP contribution in [0.15, 0.2) is 60.8 Å². The van der Waals surface area contributed by atoms with Gasteiger partial charge in [-0.1, -0.05) is 0 Å². The van der Waals surface area contributed by atoms with E-state index < -0.39 is 40.8 Å². The smallest absolute Gasteiger partial charge is 0.337 e. The SMILES string of the molecule is CNc1cc(CCOc2cc(C(=O)O)c(NC(=O)/C(N)=C/C=C(\N)n3ccnc3)cc2F)c(F)cc1C(=O)O. The molecule has 3 aromatic rings. The van der Waals surface area contributed by atoms with Crippen LogP contribution >= 0.6 is 0 Å². The molecule has 1 amide bonds. The number of hydrogen-bond acceptors (Lipinski definition) is 8. The molecule has 204 valence electrons. The van der Waals surface area contributed by atoms with E-state index in [9.17, 15) is 28.3 Å². The highest BCUT2D eigenvalue weighted by Gasteiger charge is 2.19. The van der Waals surface area contributed by atoms with E-state index in [0.29, 0.717) is 0 Å². The fraction of sp³-hybridized carbons (Fsp3) is 0.120. The number of carboxylic acids is 2. The molecule has 0 spiro atoms. The lowest BCUT2D eigenvalue weighted by Gasteiger charge is -2.14. The first kappa shape index (κ1) is 28.2. The predicted octanol–water partition coefficient (Wildman–Crippen LogP) is 2.46. The van der Waals surface area contributed by atoms with Crippen LogP contribution in [0.5, 0.6) is 5.75 Å². The Morgan fingerprint density at radius 1 is 1.03 bits per heavy atom. The van der Waals surface area contributed by atoms with Crippen molar-refractivity contribution in [2.45, 2.75) is 6.42 Å². The normalized spacial score (nSPS) is 11.7. The van der Waals surface area contributed by atoms with Crippen molar-refractivity contribution in [3.63, 3.8) is 0 Å². The zero-order valence-electron chi connectivity index (χ0n) is 20.4. The Morgan fingerprint density at radius 2 is 1.72 bits per heavy atom. The third-order valence-electron chi connectivity index (χ3n) is 5.36. The van der Waals surface area contributed by atoms with Gasteiger partial charge in [0.15, 0.2) is 11.6 Å². The van der Waals surface area contributed by atoms with Crippen molar-refractivity contribution in [1.82, 2.24) is 9.55 Å². The molecule has 0 saturated heterocycles. The Bertz CT molecular complexity index is 1470. The van der Waals surface area contributed by atoms with E-state index in [2.05, 4.69) is 15.6 Å². The summed E-state index contributed by atoms with van der Waals surface area (Å²) >= 11 is 0. The van der Waals surface area contributed by atoms with Gasteiger partial charge in [0.25, 0.3) is 5.91 Å². The van der Waals surface area contributed by atoms with Crippen molar-refractivity contribution in [3.05, 3.63) is 89.2 Å². The van der Waals surface area contributed by atoms with Gasteiger partial charge in [-0.3, -0.25) is 9.36 Å². The summed E-state index contributed by atoms with van der Waals surface area (Å²) in [5.74, 6) is -5.78. The number of imidazole rings is 1. The molecule has 12 nitrogen and oxygen atoms in total. The number of aromatic carboxylic acids is 2. The molecule has 0 aliphatic carbocycles. The largest absolute Gasteiger partial charge is 0.490 e. The molecule has 3 rings (SSSR count). The molecule has 0 bridgehead atoms. The lowest BCUT2D eigenvalue weighted by Crippen LogP contribution is -2.21. The molecule has 0 fully saturated rings. The molecule has 8 N–H and O–H groups in total. The summed E-state index contributed by atoms with van der Waals surface area (Å²) in [5, 5.41) is 23.6. The van der Waals surface area contributed by atoms with E-state index in [1.807, 2.05) is 0 Å². The fourth-order valence-electron chi connectivity index (χ4n) is 3.35. The average Bonchev–Trinajstić information content (AvgIpc) is 3.43. The zero-order valence-corrected chi connectivity index (χ0v) is 20.4. The number of nitrogens with zero attached hydrogens (tertiary/aromatic N) is 2. The van der Waals surface area contributed by atoms with E-state index in [4.69, 9.17) is 21.3 Å². The van der Waals surface area contributed by atoms with Crippen molar-refractivity contribution >= 4 is 35.0 Å². The van der Waals surface area contributed by atoms with Crippen molar-refractivity contribution in [3.8, 4) is 5.75 Å². The summed E-state index contributed by atoms with van der Waals surface area (Å²) in [4.78, 5) is 39.3. The highest BCUT2D eigenvalue weighted by atomic mass is 19.1. The Labute approximate surface area is 220 Å². The first-order valence-corrected chi connectivity index (χ1v) is 11.2. The Morgan fingerprint density at radius 3 is 2.33 bits per heavy atom. The maximum Gasteiger partial charge on any atom is 0.337 e. The first-order valence-electron chi connectivity index (χ1n) is 11.2. The van der Waals surface area contributed by atoms with Crippen LogP contribution in [-0.4, -0.2) is 51.3 Å². The highest BCUT2D eigenvalue weighted by Crippen LogP contribution is 2.27. The lowest BCUT2D eigenvalue weighted by atomic mass is 10.1. The zero-order chi connectivity index (χ0) is 28.7. The molecule has 1 aromatic heterocycles. The number of allylic oxidation sites excluding steroid dienone is 2. The van der Waals surface area contributed by atoms with Crippen molar-refractivity contribution in [1.29, 1.82) is 0 Å². The molecule has 0 atom stereocenters. The predicted molar refractivity (Wildman–Crippen MR) is 137 cm³/mol. The van der Waals surface area contributed by atoms with E-state index in [1.165, 1.54) is 42.4 Å². The lowest BCUT2D eigenvalue weighted by molar-refractivity contribution is -0.112. The summed E-state index contributed by atoms with van der Waals surface area (Å²) < 4.78 is 35.8. The molecular formula is C25H24F2N6O6. The second-order valence-corrected chi connectivity index (χ2v) is 7.91. The summed E-state index contributed by atoms with van der Waals surface area (Å²) in [6.45, 7) is -0.269. The van der Waals surface area contributed by atoms with Gasteiger partial charge in [0.05, 0.1) is 29.1 Å². The maximum absolute atomic E-state index is 14.7. The number of ether oxygens (including phenoxy) is 1. The molecule has 14 heteroatoms. The van der Waals surface area contributed by atoms with Crippen LogP contribution in [0.1, 0.15) is 26.3 Å². The third kappa shape index (κ3) is 6.88. The fourth-order valence-corrected chi connectivity index (χ4v) is 3.35. The maximum atomic E-state index is 14.7. The number of anilines is 2. The number of carbonyl (C=O) groups is 3. The number of halogens is 2. The van der Waals surface area contributed by atoms with E-state index in [1.54, 1.807) is 6.20 Å². The number of benzene rings is 2. The van der Waals surface area contributed by atoms with Crippen LogP contribution in [0.2, 0.25) is 0 Å². The molecule has 2 aromatic carbocycles. The summed E-state index contributed by atoms with van der Waals surface area (Å²) in [5.41, 5.74) is 10.3. The van der Waals surface area contributed by atoms with Gasteiger partial charge in [0, 0.05) is 37.6 Å². The van der Waals surface area contributed by atoms with E-state index in [0.717, 1.165) is 18.2 Å². The number of carboxylic acid groups (broad SMARTS) is 2. The van der Waals surface area contributed by atoms with Crippen LogP contribution in [0, 0.1) is 11.6 Å². The number of carbonyl (C=O) groups excluding carboxylic acids is 1. The highest BCUT2D eigenvalue weighted by molar-refractivity contribution is 6.07. The van der Waals surface area contributed by atoms with Gasteiger partial charge in [-0.25, -0.2) is 23.4 Å². The summed E-state index contributed by atoms with van der Waals surface area (Å²) in [6.07, 6.45) is 6.90. The standard InChI is InChI=1S/C25H24F2N6O6/c1-30-19-8-13(16(26)9-14(19)24(35)36)4-7-39-21-10-15(25(37)38)20(11-17(21)27)32-23(34)18(28)2-3-22(29)33-6-5-31-12-33/h2-3,5-6,8-12,30H,4,7,28-29H2,1H3,(H,32,34)(H,35,36)(H,37,38)/b18-2-,22-3+. The molecule has 1 heterocycles. The molecule has 0 radical (unpaired) electrons. The van der Waals surface area contributed by atoms with Crippen molar-refractivity contribution in [2.24, 2.45) is 11.5 Å². The number of aromatic nitrogens is 2. The summed E-state index contributed by atoms with van der Waals surface area (Å²) in [7, 11) is 1.47. The van der Waals surface area contributed by atoms with Crippen LogP contribution in [0.4, 0.5) is 20.2 Å². The number of nitrogens with one attached hydrogen (secondary N) is 2. The van der Waals surface area contributed by atoms with Gasteiger partial charge in [0.2, 0.25) is 0 Å². The van der Waals surface area contributed by atoms with E-state index >= 15 is 0 Å². The van der Waals surface area contributed by atoms with Gasteiger partial charge in [0.1, 0.15) is 18.0 Å². The molecule has 39 heavy (non-hydrogen) atoms. The minimum absolute atomic E-state index is 0.0855. The molecule has 0 aliphatic heterocycles. The minimum Gasteiger partial charge on any atom is -0.490 e. The monoisotopic (exact) mass is 542 g/mol. The Kier molecular flexibility index (Phi) is 8.83. The molecule has 0 unspecified atom stereocenters. The second kappa shape index (κ2) is 12.2. The Balaban J connectivity index is 1.74. The van der Waals surface area contributed by atoms with Gasteiger partial charge >= 0.3 is 11.9 Å². The first-order chi connectivity index (χ1) is 18.5. The van der Waals surface area contributed by atoms with Gasteiger partial charge < -0.3 is 37.1 Å². The number of hydrogen-bond donors (Lipinski definition) is 6. The second-order valence-electron chi connectivity index (χ2n) is 7.91. The number of rotatable bonds is 11. The van der Waals surface area contributed by atoms with Crippen molar-refractivity contribution in [2.75, 3.05) is 24.3 Å². The number of nitrogens with two attached hydrogens (primary N) is 2. The molecule has 0 saturated carbocycles. The van der Waals surface area contributed by atoms with Crippen LogP contribution in [-0.2, 0) is 11.2 Å². The van der Waals surface area contributed by atoms with E-state index in [-0.39, 0.29) is 47.0 Å². The quantitative estimate of drug-likeness (QED) is 0.155. The number of amides is 1. The van der Waals surface area contributed by atoms with Gasteiger partial charge in [-0.2, -0.15) is 0 Å². The molecular weight excluding hydrogens is 518 g/mol. The third-order valence-corrected chi connectivity index (χ3v) is 5.36. The van der Waals surface area contributed by atoms with Crippen LogP contribution in [0.25, 0.3) is 5.82 Å². The minimum atomic E-state index is -1.49. The summed E-state index contributed by atoms with van der Waals surface area (Å²) in [6, 6.07) is 3.76. The van der Waals surface area contributed by atoms with Gasteiger partial charge in [-0.15, -0.1) is 0 Å². The van der Waals surface area contributed by atoms with Crippen LogP contribution < -0.4 is 26.8 Å². The topological polar surface area (TPSA) is 195 Å². The molecule has 0 aliphatic rings. The average molecular weight is 542 g/mol. The van der Waals surface area contributed by atoms with Gasteiger partial charge in [-0.05, 0) is 35.9 Å². The van der Waals surface area contributed by atoms with Crippen molar-refractivity contribution < 1.29 is 38.1 Å². The van der Waals surface area contributed by atoms with Crippen LogP contribution in [0.3, 0.4) is 0 Å².